The average Bonchev–Trinajstić information content (AvgIpc) is 2.92. The van der Waals surface area contributed by atoms with Gasteiger partial charge in [-0.15, -0.1) is 0 Å². The summed E-state index contributed by atoms with van der Waals surface area (Å²) in [5.74, 6) is -0.102. The molecule has 1 unspecified atom stereocenters. The van der Waals surface area contributed by atoms with E-state index in [-0.39, 0.29) is 17.2 Å². The normalized spacial score (nSPS) is 25.6. The third-order valence-corrected chi connectivity index (χ3v) is 5.40. The number of benzene rings is 1. The Morgan fingerprint density at radius 3 is 2.85 bits per heavy atom. The van der Waals surface area contributed by atoms with Gasteiger partial charge in [-0.2, -0.15) is 0 Å². The van der Waals surface area contributed by atoms with Crippen molar-refractivity contribution in [2.75, 3.05) is 18.4 Å². The SMILES string of the molecule is CC1(NS(=O)(=O)c2ccc3c(c2)CC(=O)N3)CCNC1. The zero-order valence-electron chi connectivity index (χ0n) is 11.2. The van der Waals surface area contributed by atoms with Crippen molar-refractivity contribution in [1.82, 2.24) is 10.0 Å². The second-order valence-corrected chi connectivity index (χ2v) is 7.32. The molecule has 1 amide bonds. The molecular formula is C13H17N3O3S. The van der Waals surface area contributed by atoms with Crippen LogP contribution in [0.1, 0.15) is 18.9 Å². The number of anilines is 1. The van der Waals surface area contributed by atoms with Crippen molar-refractivity contribution in [2.45, 2.75) is 30.2 Å². The Kier molecular flexibility index (Phi) is 3.07. The van der Waals surface area contributed by atoms with Crippen molar-refractivity contribution < 1.29 is 13.2 Å². The van der Waals surface area contributed by atoms with Crippen LogP contribution in [0.2, 0.25) is 0 Å². The molecule has 1 atom stereocenters. The Balaban J connectivity index is 1.88. The maximum Gasteiger partial charge on any atom is 0.241 e. The molecule has 3 rings (SSSR count). The van der Waals surface area contributed by atoms with Crippen molar-refractivity contribution in [3.63, 3.8) is 0 Å². The van der Waals surface area contributed by atoms with Gasteiger partial charge in [0.25, 0.3) is 0 Å². The fourth-order valence-corrected chi connectivity index (χ4v) is 4.15. The smallest absolute Gasteiger partial charge is 0.241 e. The van der Waals surface area contributed by atoms with Gasteiger partial charge in [0.05, 0.1) is 11.3 Å². The van der Waals surface area contributed by atoms with Crippen molar-refractivity contribution in [1.29, 1.82) is 0 Å². The first kappa shape index (κ1) is 13.5. The number of amides is 1. The van der Waals surface area contributed by atoms with E-state index in [4.69, 9.17) is 0 Å². The minimum atomic E-state index is -3.57. The minimum absolute atomic E-state index is 0.102. The molecule has 1 saturated heterocycles. The van der Waals surface area contributed by atoms with Gasteiger partial charge >= 0.3 is 0 Å². The highest BCUT2D eigenvalue weighted by molar-refractivity contribution is 7.89. The first-order chi connectivity index (χ1) is 9.38. The lowest BCUT2D eigenvalue weighted by atomic mass is 10.0. The molecule has 2 aliphatic rings. The quantitative estimate of drug-likeness (QED) is 0.744. The lowest BCUT2D eigenvalue weighted by molar-refractivity contribution is -0.115. The monoisotopic (exact) mass is 295 g/mol. The molecule has 2 heterocycles. The van der Waals surface area contributed by atoms with Crippen molar-refractivity contribution >= 4 is 21.6 Å². The number of rotatable bonds is 3. The van der Waals surface area contributed by atoms with E-state index in [0.717, 1.165) is 18.5 Å². The van der Waals surface area contributed by atoms with E-state index in [1.54, 1.807) is 12.1 Å². The Hall–Kier alpha value is -1.44. The number of carbonyl (C=O) groups excluding carboxylic acids is 1. The zero-order chi connectivity index (χ0) is 14.4. The summed E-state index contributed by atoms with van der Waals surface area (Å²) in [4.78, 5) is 11.5. The molecule has 0 aromatic heterocycles. The molecule has 1 aromatic rings. The number of hydrogen-bond acceptors (Lipinski definition) is 4. The number of carbonyl (C=O) groups is 1. The summed E-state index contributed by atoms with van der Waals surface area (Å²) in [5, 5.41) is 5.85. The summed E-state index contributed by atoms with van der Waals surface area (Å²) in [7, 11) is -3.57. The molecule has 108 valence electrons. The molecule has 0 radical (unpaired) electrons. The predicted octanol–water partition coefficient (Wildman–Crippen LogP) is 0.211. The third kappa shape index (κ3) is 2.44. The predicted molar refractivity (Wildman–Crippen MR) is 75.0 cm³/mol. The second-order valence-electron chi connectivity index (χ2n) is 5.64. The van der Waals surface area contributed by atoms with E-state index in [9.17, 15) is 13.2 Å². The highest BCUT2D eigenvalue weighted by atomic mass is 32.2. The van der Waals surface area contributed by atoms with Crippen LogP contribution < -0.4 is 15.4 Å². The number of hydrogen-bond donors (Lipinski definition) is 3. The third-order valence-electron chi connectivity index (χ3n) is 3.76. The van der Waals surface area contributed by atoms with Gasteiger partial charge in [0.1, 0.15) is 0 Å². The standard InChI is InChI=1S/C13H17N3O3S/c1-13(4-5-14-8-13)16-20(18,19)10-2-3-11-9(6-10)7-12(17)15-11/h2-3,6,14,16H,4-5,7-8H2,1H3,(H,15,17). The van der Waals surface area contributed by atoms with Gasteiger partial charge in [0.2, 0.25) is 15.9 Å². The van der Waals surface area contributed by atoms with Gasteiger partial charge in [0, 0.05) is 17.8 Å². The van der Waals surface area contributed by atoms with Crippen LogP contribution in [0.25, 0.3) is 0 Å². The summed E-state index contributed by atoms with van der Waals surface area (Å²) < 4.78 is 27.6. The van der Waals surface area contributed by atoms with Gasteiger partial charge in [-0.25, -0.2) is 13.1 Å². The molecule has 20 heavy (non-hydrogen) atoms. The molecular weight excluding hydrogens is 278 g/mol. The van der Waals surface area contributed by atoms with Crippen LogP contribution in [0.4, 0.5) is 5.69 Å². The van der Waals surface area contributed by atoms with Crippen LogP contribution >= 0.6 is 0 Å². The molecule has 0 saturated carbocycles. The van der Waals surface area contributed by atoms with E-state index in [1.165, 1.54) is 6.07 Å². The molecule has 3 N–H and O–H groups in total. The minimum Gasteiger partial charge on any atom is -0.326 e. The Morgan fingerprint density at radius 2 is 2.15 bits per heavy atom. The van der Waals surface area contributed by atoms with E-state index >= 15 is 0 Å². The number of fused-ring (bicyclic) bond motifs is 1. The fourth-order valence-electron chi connectivity index (χ4n) is 2.66. The highest BCUT2D eigenvalue weighted by Crippen LogP contribution is 2.26. The fraction of sp³-hybridized carbons (Fsp3) is 0.462. The van der Waals surface area contributed by atoms with Crippen LogP contribution in [0.15, 0.2) is 23.1 Å². The van der Waals surface area contributed by atoms with Crippen LogP contribution in [-0.2, 0) is 21.2 Å². The Bertz CT molecular complexity index is 663. The van der Waals surface area contributed by atoms with Crippen LogP contribution in [0, 0.1) is 0 Å². The summed E-state index contributed by atoms with van der Waals surface area (Å²) in [6, 6.07) is 4.74. The number of sulfonamides is 1. The molecule has 6 nitrogen and oxygen atoms in total. The molecule has 0 spiro atoms. The maximum absolute atomic E-state index is 12.4. The molecule has 1 aromatic carbocycles. The van der Waals surface area contributed by atoms with E-state index in [0.29, 0.717) is 12.2 Å². The summed E-state index contributed by atoms with van der Waals surface area (Å²) in [6.45, 7) is 3.32. The van der Waals surface area contributed by atoms with Crippen LogP contribution in [0.5, 0.6) is 0 Å². The Labute approximate surface area is 118 Å². The Morgan fingerprint density at radius 1 is 1.35 bits per heavy atom. The molecule has 7 heteroatoms. The molecule has 0 aliphatic carbocycles. The van der Waals surface area contributed by atoms with Gasteiger partial charge in [0.15, 0.2) is 0 Å². The maximum atomic E-state index is 12.4. The summed E-state index contributed by atoms with van der Waals surface area (Å²) in [5.41, 5.74) is 0.974. The van der Waals surface area contributed by atoms with Crippen LogP contribution in [0.3, 0.4) is 0 Å². The first-order valence-electron chi connectivity index (χ1n) is 6.56. The topological polar surface area (TPSA) is 87.3 Å². The summed E-state index contributed by atoms with van der Waals surface area (Å²) in [6.07, 6.45) is 0.995. The second kappa shape index (κ2) is 4.54. The lowest BCUT2D eigenvalue weighted by Gasteiger charge is -2.24. The van der Waals surface area contributed by atoms with E-state index < -0.39 is 15.6 Å². The average molecular weight is 295 g/mol. The van der Waals surface area contributed by atoms with Gasteiger partial charge in [-0.05, 0) is 43.7 Å². The number of nitrogens with one attached hydrogen (secondary N) is 3. The highest BCUT2D eigenvalue weighted by Gasteiger charge is 2.34. The van der Waals surface area contributed by atoms with Gasteiger partial charge < -0.3 is 10.6 Å². The van der Waals surface area contributed by atoms with E-state index in [2.05, 4.69) is 15.4 Å². The van der Waals surface area contributed by atoms with Crippen molar-refractivity contribution in [3.8, 4) is 0 Å². The summed E-state index contributed by atoms with van der Waals surface area (Å²) >= 11 is 0. The van der Waals surface area contributed by atoms with E-state index in [1.807, 2.05) is 6.92 Å². The molecule has 2 aliphatic heterocycles. The molecule has 1 fully saturated rings. The van der Waals surface area contributed by atoms with Crippen LogP contribution in [-0.4, -0.2) is 33.0 Å². The zero-order valence-corrected chi connectivity index (χ0v) is 12.0. The first-order valence-corrected chi connectivity index (χ1v) is 8.04. The van der Waals surface area contributed by atoms with Gasteiger partial charge in [-0.3, -0.25) is 4.79 Å². The largest absolute Gasteiger partial charge is 0.326 e. The molecule has 0 bridgehead atoms. The lowest BCUT2D eigenvalue weighted by Crippen LogP contribution is -2.47. The van der Waals surface area contributed by atoms with Crippen molar-refractivity contribution in [2.24, 2.45) is 0 Å². The van der Waals surface area contributed by atoms with Crippen molar-refractivity contribution in [3.05, 3.63) is 23.8 Å². The van der Waals surface area contributed by atoms with Gasteiger partial charge in [-0.1, -0.05) is 0 Å².